The highest BCUT2D eigenvalue weighted by molar-refractivity contribution is 8.00. The Kier molecular flexibility index (Phi) is 8.64. The fourth-order valence-corrected chi connectivity index (χ4v) is 3.78. The van der Waals surface area contributed by atoms with Crippen molar-refractivity contribution in [1.82, 2.24) is 0 Å². The van der Waals surface area contributed by atoms with Gasteiger partial charge in [0.05, 0.1) is 25.5 Å². The van der Waals surface area contributed by atoms with E-state index < -0.39 is 24.2 Å². The molecule has 0 unspecified atom stereocenters. The van der Waals surface area contributed by atoms with Gasteiger partial charge in [-0.05, 0) is 54.6 Å². The van der Waals surface area contributed by atoms with Gasteiger partial charge in [-0.25, -0.2) is 9.18 Å². The van der Waals surface area contributed by atoms with Crippen molar-refractivity contribution in [1.29, 1.82) is 0 Å². The number of ketones is 1. The van der Waals surface area contributed by atoms with E-state index in [1.807, 2.05) is 0 Å². The molecular weight excluding hydrogens is 461 g/mol. The minimum Gasteiger partial charge on any atom is -0.493 e. The maximum absolute atomic E-state index is 13.0. The summed E-state index contributed by atoms with van der Waals surface area (Å²) in [6.07, 6.45) is 0. The van der Waals surface area contributed by atoms with Gasteiger partial charge < -0.3 is 19.5 Å². The third-order valence-electron chi connectivity index (χ3n) is 4.63. The third kappa shape index (κ3) is 6.58. The highest BCUT2D eigenvalue weighted by Crippen LogP contribution is 2.28. The molecule has 3 aromatic rings. The number of ether oxygens (including phenoxy) is 3. The maximum atomic E-state index is 13.0. The highest BCUT2D eigenvalue weighted by atomic mass is 32.2. The number of anilines is 1. The van der Waals surface area contributed by atoms with E-state index in [0.717, 1.165) is 11.8 Å². The highest BCUT2D eigenvalue weighted by Gasteiger charge is 2.17. The van der Waals surface area contributed by atoms with Gasteiger partial charge in [0.2, 0.25) is 5.91 Å². The summed E-state index contributed by atoms with van der Waals surface area (Å²) in [5, 5.41) is 2.66. The first kappa shape index (κ1) is 24.8. The first-order valence-corrected chi connectivity index (χ1v) is 11.1. The van der Waals surface area contributed by atoms with Crippen LogP contribution in [0.25, 0.3) is 0 Å². The molecule has 3 rings (SSSR count). The summed E-state index contributed by atoms with van der Waals surface area (Å²) in [5.74, 6) is -0.917. The summed E-state index contributed by atoms with van der Waals surface area (Å²) in [6, 6.07) is 16.7. The van der Waals surface area contributed by atoms with Crippen LogP contribution < -0.4 is 14.8 Å². The number of carbonyl (C=O) groups is 3. The number of methoxy groups -OCH3 is 2. The van der Waals surface area contributed by atoms with Gasteiger partial charge in [-0.1, -0.05) is 12.1 Å². The van der Waals surface area contributed by atoms with Gasteiger partial charge in [-0.15, -0.1) is 11.8 Å². The zero-order chi connectivity index (χ0) is 24.5. The molecule has 0 bridgehead atoms. The Morgan fingerprint density at radius 2 is 1.62 bits per heavy atom. The number of thioether (sulfide) groups is 1. The normalized spacial score (nSPS) is 10.3. The van der Waals surface area contributed by atoms with Gasteiger partial charge in [0, 0.05) is 16.1 Å². The number of hydrogen-bond acceptors (Lipinski definition) is 7. The van der Waals surface area contributed by atoms with Gasteiger partial charge >= 0.3 is 5.97 Å². The molecule has 34 heavy (non-hydrogen) atoms. The number of carbonyl (C=O) groups excluding carboxylic acids is 3. The zero-order valence-electron chi connectivity index (χ0n) is 18.5. The number of halogens is 1. The third-order valence-corrected chi connectivity index (χ3v) is 5.71. The Bertz CT molecular complexity index is 1180. The quantitative estimate of drug-likeness (QED) is 0.256. The molecule has 1 amide bonds. The van der Waals surface area contributed by atoms with Crippen LogP contribution in [0.4, 0.5) is 10.1 Å². The smallest absolute Gasteiger partial charge is 0.339 e. The summed E-state index contributed by atoms with van der Waals surface area (Å²) in [5.41, 5.74) is 1.01. The first-order chi connectivity index (χ1) is 16.4. The molecule has 0 atom stereocenters. The molecular formula is C25H22FNO6S. The average Bonchev–Trinajstić information content (AvgIpc) is 2.86. The number of hydrogen-bond donors (Lipinski definition) is 1. The van der Waals surface area contributed by atoms with Crippen LogP contribution in [-0.2, 0) is 9.53 Å². The minimum absolute atomic E-state index is 0.0201. The van der Waals surface area contributed by atoms with Crippen molar-refractivity contribution in [2.24, 2.45) is 0 Å². The SMILES string of the molecule is COc1ccc(C(=O)COC(=O)c2ccccc2SCC(=O)Nc2ccc(F)cc2)cc1OC. The summed E-state index contributed by atoms with van der Waals surface area (Å²) in [6.45, 7) is -0.460. The van der Waals surface area contributed by atoms with Crippen LogP contribution in [0, 0.1) is 5.82 Å². The van der Waals surface area contributed by atoms with E-state index in [0.29, 0.717) is 27.6 Å². The molecule has 176 valence electrons. The van der Waals surface area contributed by atoms with E-state index in [4.69, 9.17) is 14.2 Å². The molecule has 0 spiro atoms. The standard InChI is InChI=1S/C25H22FNO6S/c1-31-21-12-7-16(13-22(21)32-2)20(28)14-33-25(30)19-5-3-4-6-23(19)34-15-24(29)27-18-10-8-17(26)9-11-18/h3-13H,14-15H2,1-2H3,(H,27,29). The molecule has 0 saturated heterocycles. The largest absolute Gasteiger partial charge is 0.493 e. The van der Waals surface area contributed by atoms with Crippen LogP contribution >= 0.6 is 11.8 Å². The summed E-state index contributed by atoms with van der Waals surface area (Å²) < 4.78 is 28.6. The lowest BCUT2D eigenvalue weighted by molar-refractivity contribution is -0.113. The Labute approximate surface area is 200 Å². The van der Waals surface area contributed by atoms with Crippen molar-refractivity contribution in [3.8, 4) is 11.5 Å². The van der Waals surface area contributed by atoms with Gasteiger partial charge in [0.15, 0.2) is 23.9 Å². The lowest BCUT2D eigenvalue weighted by Crippen LogP contribution is -2.16. The molecule has 0 aromatic heterocycles. The molecule has 0 aliphatic rings. The Morgan fingerprint density at radius 1 is 0.912 bits per heavy atom. The molecule has 0 heterocycles. The summed E-state index contributed by atoms with van der Waals surface area (Å²) >= 11 is 1.14. The molecule has 0 aliphatic carbocycles. The number of amides is 1. The topological polar surface area (TPSA) is 90.9 Å². The van der Waals surface area contributed by atoms with Crippen LogP contribution in [0.15, 0.2) is 71.6 Å². The Balaban J connectivity index is 1.59. The van der Waals surface area contributed by atoms with Gasteiger partial charge in [-0.3, -0.25) is 9.59 Å². The van der Waals surface area contributed by atoms with Crippen molar-refractivity contribution in [3.63, 3.8) is 0 Å². The molecule has 0 radical (unpaired) electrons. The molecule has 0 fully saturated rings. The number of Topliss-reactive ketones (excluding diaryl/α,β-unsaturated/α-hetero) is 1. The second-order valence-electron chi connectivity index (χ2n) is 6.91. The van der Waals surface area contributed by atoms with Gasteiger partial charge in [0.25, 0.3) is 0 Å². The number of benzene rings is 3. The van der Waals surface area contributed by atoms with Crippen molar-refractivity contribution in [3.05, 3.63) is 83.7 Å². The lowest BCUT2D eigenvalue weighted by Gasteiger charge is -2.11. The Morgan fingerprint density at radius 3 is 2.32 bits per heavy atom. The van der Waals surface area contributed by atoms with E-state index in [9.17, 15) is 18.8 Å². The van der Waals surface area contributed by atoms with Crippen molar-refractivity contribution in [2.75, 3.05) is 31.9 Å². The van der Waals surface area contributed by atoms with E-state index >= 15 is 0 Å². The van der Waals surface area contributed by atoms with E-state index in [2.05, 4.69) is 5.32 Å². The van der Waals surface area contributed by atoms with Crippen LogP contribution in [0.3, 0.4) is 0 Å². The number of rotatable bonds is 10. The number of nitrogens with one attached hydrogen (secondary N) is 1. The van der Waals surface area contributed by atoms with Crippen molar-refractivity contribution in [2.45, 2.75) is 4.90 Å². The van der Waals surface area contributed by atoms with Crippen LogP contribution in [0.2, 0.25) is 0 Å². The van der Waals surface area contributed by atoms with E-state index in [1.165, 1.54) is 44.6 Å². The molecule has 7 nitrogen and oxygen atoms in total. The predicted molar refractivity (Wildman–Crippen MR) is 126 cm³/mol. The van der Waals surface area contributed by atoms with E-state index in [-0.39, 0.29) is 17.2 Å². The molecule has 0 saturated carbocycles. The van der Waals surface area contributed by atoms with E-state index in [1.54, 1.807) is 36.4 Å². The summed E-state index contributed by atoms with van der Waals surface area (Å²) in [7, 11) is 2.95. The molecule has 9 heteroatoms. The van der Waals surface area contributed by atoms with Crippen molar-refractivity contribution >= 4 is 35.1 Å². The van der Waals surface area contributed by atoms with Gasteiger partial charge in [0.1, 0.15) is 5.82 Å². The molecule has 3 aromatic carbocycles. The second-order valence-corrected chi connectivity index (χ2v) is 7.93. The van der Waals surface area contributed by atoms with Crippen LogP contribution in [0.5, 0.6) is 11.5 Å². The summed E-state index contributed by atoms with van der Waals surface area (Å²) in [4.78, 5) is 37.9. The van der Waals surface area contributed by atoms with Crippen LogP contribution in [0.1, 0.15) is 20.7 Å². The number of esters is 1. The average molecular weight is 484 g/mol. The second kappa shape index (κ2) is 11.9. The Hall–Kier alpha value is -3.85. The maximum Gasteiger partial charge on any atom is 0.339 e. The lowest BCUT2D eigenvalue weighted by atomic mass is 10.1. The first-order valence-electron chi connectivity index (χ1n) is 10.1. The minimum atomic E-state index is -0.684. The van der Waals surface area contributed by atoms with Crippen molar-refractivity contribution < 1.29 is 33.0 Å². The van der Waals surface area contributed by atoms with Crippen LogP contribution in [-0.4, -0.2) is 44.2 Å². The fraction of sp³-hybridized carbons (Fsp3) is 0.160. The monoisotopic (exact) mass is 483 g/mol. The molecule has 1 N–H and O–H groups in total. The molecule has 0 aliphatic heterocycles. The van der Waals surface area contributed by atoms with Gasteiger partial charge in [-0.2, -0.15) is 0 Å². The fourth-order valence-electron chi connectivity index (χ4n) is 2.94. The predicted octanol–water partition coefficient (Wildman–Crippen LogP) is 4.61. The zero-order valence-corrected chi connectivity index (χ0v) is 19.3.